The highest BCUT2D eigenvalue weighted by atomic mass is 16.4. The first-order valence-corrected chi connectivity index (χ1v) is 4.55. The van der Waals surface area contributed by atoms with E-state index in [0.717, 1.165) is 12.1 Å². The Balaban J connectivity index is 2.23. The predicted molar refractivity (Wildman–Crippen MR) is 50.7 cm³/mol. The van der Waals surface area contributed by atoms with Gasteiger partial charge in [0.1, 0.15) is 11.9 Å². The average Bonchev–Trinajstić information content (AvgIpc) is 2.88. The second kappa shape index (κ2) is 3.67. The molecule has 0 aliphatic rings. The van der Waals surface area contributed by atoms with E-state index in [9.17, 15) is 5.11 Å². The summed E-state index contributed by atoms with van der Waals surface area (Å²) in [7, 11) is 0. The number of aliphatic hydroxyl groups is 1. The third kappa shape index (κ3) is 1.56. The van der Waals surface area contributed by atoms with Crippen LogP contribution in [0.4, 0.5) is 0 Å². The molecule has 0 saturated carbocycles. The Kier molecular flexibility index (Phi) is 2.37. The number of aromatic nitrogens is 2. The van der Waals surface area contributed by atoms with Crippen LogP contribution in [-0.2, 0) is 6.54 Å². The normalized spacial score (nSPS) is 13.0. The molecule has 1 atom stereocenters. The molecule has 1 N–H and O–H groups in total. The van der Waals surface area contributed by atoms with Crippen molar-refractivity contribution >= 4 is 0 Å². The maximum Gasteiger partial charge on any atom is 0.140 e. The maximum absolute atomic E-state index is 9.84. The van der Waals surface area contributed by atoms with Gasteiger partial charge in [-0.25, -0.2) is 0 Å². The molecule has 2 aromatic rings. The number of aliphatic hydroxyl groups excluding tert-OH is 1. The highest BCUT2D eigenvalue weighted by Gasteiger charge is 2.14. The van der Waals surface area contributed by atoms with Crippen molar-refractivity contribution in [3.05, 3.63) is 42.1 Å². The summed E-state index contributed by atoms with van der Waals surface area (Å²) in [5.41, 5.74) is 0.752. The van der Waals surface area contributed by atoms with E-state index >= 15 is 0 Å². The second-order valence-electron chi connectivity index (χ2n) is 3.05. The molecule has 0 aliphatic carbocycles. The Morgan fingerprint density at radius 1 is 1.64 bits per heavy atom. The Morgan fingerprint density at radius 2 is 2.50 bits per heavy atom. The predicted octanol–water partition coefficient (Wildman–Crippen LogP) is 1.58. The van der Waals surface area contributed by atoms with Gasteiger partial charge in [-0.2, -0.15) is 5.10 Å². The number of hydrogen-bond donors (Lipinski definition) is 1. The van der Waals surface area contributed by atoms with E-state index in [4.69, 9.17) is 4.42 Å². The van der Waals surface area contributed by atoms with Crippen LogP contribution in [0.2, 0.25) is 0 Å². The van der Waals surface area contributed by atoms with Crippen LogP contribution in [0.1, 0.15) is 24.4 Å². The summed E-state index contributed by atoms with van der Waals surface area (Å²) in [5, 5.41) is 13.9. The van der Waals surface area contributed by atoms with Crippen molar-refractivity contribution in [3.8, 4) is 0 Å². The molecule has 0 aliphatic heterocycles. The van der Waals surface area contributed by atoms with Crippen molar-refractivity contribution in [2.24, 2.45) is 0 Å². The fraction of sp³-hybridized carbons (Fsp3) is 0.300. The van der Waals surface area contributed by atoms with Crippen molar-refractivity contribution in [3.63, 3.8) is 0 Å². The smallest absolute Gasteiger partial charge is 0.140 e. The van der Waals surface area contributed by atoms with E-state index in [1.165, 1.54) is 0 Å². The van der Waals surface area contributed by atoms with E-state index < -0.39 is 6.10 Å². The summed E-state index contributed by atoms with van der Waals surface area (Å²) >= 11 is 0. The first-order valence-electron chi connectivity index (χ1n) is 4.55. The zero-order valence-corrected chi connectivity index (χ0v) is 7.92. The van der Waals surface area contributed by atoms with Crippen LogP contribution in [0.15, 0.2) is 35.2 Å². The van der Waals surface area contributed by atoms with Gasteiger partial charge in [-0.3, -0.25) is 4.68 Å². The Bertz CT molecular complexity index is 392. The van der Waals surface area contributed by atoms with Crippen LogP contribution in [0.25, 0.3) is 0 Å². The van der Waals surface area contributed by atoms with E-state index in [-0.39, 0.29) is 0 Å². The molecule has 0 spiro atoms. The summed E-state index contributed by atoms with van der Waals surface area (Å²) in [5.74, 6) is 0.542. The van der Waals surface area contributed by atoms with Crippen LogP contribution < -0.4 is 0 Å². The van der Waals surface area contributed by atoms with Crippen LogP contribution in [-0.4, -0.2) is 14.9 Å². The first-order chi connectivity index (χ1) is 6.81. The average molecular weight is 192 g/mol. The summed E-state index contributed by atoms with van der Waals surface area (Å²) in [6.45, 7) is 2.79. The lowest BCUT2D eigenvalue weighted by atomic mass is 10.1. The molecule has 2 rings (SSSR count). The molecule has 0 radical (unpaired) electrons. The molecular weight excluding hydrogens is 180 g/mol. The van der Waals surface area contributed by atoms with Crippen molar-refractivity contribution in [2.75, 3.05) is 0 Å². The molecular formula is C10H12N2O2. The molecule has 0 bridgehead atoms. The Morgan fingerprint density at radius 3 is 3.07 bits per heavy atom. The lowest BCUT2D eigenvalue weighted by molar-refractivity contribution is 0.189. The Hall–Kier alpha value is -1.55. The first kappa shape index (κ1) is 9.02. The van der Waals surface area contributed by atoms with Crippen molar-refractivity contribution in [1.82, 2.24) is 9.78 Å². The van der Waals surface area contributed by atoms with E-state index in [1.54, 1.807) is 29.3 Å². The zero-order chi connectivity index (χ0) is 9.97. The van der Waals surface area contributed by atoms with E-state index in [2.05, 4.69) is 5.10 Å². The molecule has 0 saturated heterocycles. The summed E-state index contributed by atoms with van der Waals surface area (Å²) in [6.07, 6.45) is 4.29. The SMILES string of the molecule is CCn1cc(C(O)c2ccco2)cn1. The number of furan rings is 1. The van der Waals surface area contributed by atoms with Crippen LogP contribution in [0.3, 0.4) is 0 Å². The lowest BCUT2D eigenvalue weighted by Gasteiger charge is -2.03. The minimum absolute atomic E-state index is 0.542. The molecule has 4 nitrogen and oxygen atoms in total. The summed E-state index contributed by atoms with van der Waals surface area (Å²) < 4.78 is 6.87. The molecule has 14 heavy (non-hydrogen) atoms. The van der Waals surface area contributed by atoms with Crippen molar-refractivity contribution in [1.29, 1.82) is 0 Å². The van der Waals surface area contributed by atoms with Gasteiger partial charge in [-0.15, -0.1) is 0 Å². The van der Waals surface area contributed by atoms with Gasteiger partial charge in [0.15, 0.2) is 0 Å². The monoisotopic (exact) mass is 192 g/mol. The lowest BCUT2D eigenvalue weighted by Crippen LogP contribution is -1.97. The largest absolute Gasteiger partial charge is 0.466 e. The minimum atomic E-state index is -0.717. The van der Waals surface area contributed by atoms with Gasteiger partial charge in [-0.1, -0.05) is 0 Å². The molecule has 4 heteroatoms. The Labute approximate surface area is 81.8 Å². The molecule has 74 valence electrons. The van der Waals surface area contributed by atoms with Gasteiger partial charge in [0.25, 0.3) is 0 Å². The number of hydrogen-bond acceptors (Lipinski definition) is 3. The number of rotatable bonds is 3. The standard InChI is InChI=1S/C10H12N2O2/c1-2-12-7-8(6-11-12)10(13)9-4-3-5-14-9/h3-7,10,13H,2H2,1H3. The molecule has 2 heterocycles. The van der Waals surface area contributed by atoms with Crippen molar-refractivity contribution in [2.45, 2.75) is 19.6 Å². The van der Waals surface area contributed by atoms with E-state index in [0.29, 0.717) is 5.76 Å². The van der Waals surface area contributed by atoms with Crippen molar-refractivity contribution < 1.29 is 9.52 Å². The van der Waals surface area contributed by atoms with Gasteiger partial charge in [0.05, 0.1) is 12.5 Å². The maximum atomic E-state index is 9.84. The number of nitrogens with zero attached hydrogens (tertiary/aromatic N) is 2. The second-order valence-corrected chi connectivity index (χ2v) is 3.05. The quantitative estimate of drug-likeness (QED) is 0.803. The van der Waals surface area contributed by atoms with Crippen LogP contribution >= 0.6 is 0 Å². The molecule has 0 fully saturated rings. The van der Waals surface area contributed by atoms with Gasteiger partial charge < -0.3 is 9.52 Å². The summed E-state index contributed by atoms with van der Waals surface area (Å²) in [6, 6.07) is 3.50. The zero-order valence-electron chi connectivity index (χ0n) is 7.92. The topological polar surface area (TPSA) is 51.2 Å². The fourth-order valence-corrected chi connectivity index (χ4v) is 1.30. The highest BCUT2D eigenvalue weighted by molar-refractivity contribution is 5.18. The van der Waals surface area contributed by atoms with Gasteiger partial charge >= 0.3 is 0 Å². The molecule has 1 unspecified atom stereocenters. The van der Waals surface area contributed by atoms with Crippen LogP contribution in [0, 0.1) is 0 Å². The van der Waals surface area contributed by atoms with Gasteiger partial charge in [0, 0.05) is 18.3 Å². The molecule has 0 amide bonds. The van der Waals surface area contributed by atoms with Crippen LogP contribution in [0.5, 0.6) is 0 Å². The molecule has 0 aromatic carbocycles. The third-order valence-corrected chi connectivity index (χ3v) is 2.11. The van der Waals surface area contributed by atoms with E-state index in [1.807, 2.05) is 13.1 Å². The summed E-state index contributed by atoms with van der Waals surface area (Å²) in [4.78, 5) is 0. The van der Waals surface area contributed by atoms with Gasteiger partial charge in [0.2, 0.25) is 0 Å². The number of aryl methyl sites for hydroxylation is 1. The van der Waals surface area contributed by atoms with Gasteiger partial charge in [-0.05, 0) is 19.1 Å². The minimum Gasteiger partial charge on any atom is -0.466 e. The highest BCUT2D eigenvalue weighted by Crippen LogP contribution is 2.21. The fourth-order valence-electron chi connectivity index (χ4n) is 1.30. The third-order valence-electron chi connectivity index (χ3n) is 2.11. The molecule has 2 aromatic heterocycles.